The number of sulfonamides is 1. The molecule has 1 N–H and O–H groups in total. The average Bonchev–Trinajstić information content (AvgIpc) is 3.57. The van der Waals surface area contributed by atoms with Gasteiger partial charge in [-0.05, 0) is 43.0 Å². The van der Waals surface area contributed by atoms with Gasteiger partial charge in [-0.15, -0.1) is 0 Å². The predicted octanol–water partition coefficient (Wildman–Crippen LogP) is 3.24. The van der Waals surface area contributed by atoms with Gasteiger partial charge in [0.1, 0.15) is 11.4 Å². The standard InChI is InChI=1S/C23H21FN2O6S/c1-32-22-19(13-3-7-15(8-4-13)33(30,31)25-9-2-10-25)18(24)11-16-20(22)26(14-5-6-14)12-17(21(16)27)23(28)29/h3-4,7-8,11-12,14H,2,5-6,9-10H2,1H3,(H,28,29). The molecular weight excluding hydrogens is 451 g/mol. The zero-order valence-electron chi connectivity index (χ0n) is 17.7. The van der Waals surface area contributed by atoms with Crippen LogP contribution in [-0.4, -0.2) is 48.6 Å². The molecule has 33 heavy (non-hydrogen) atoms. The van der Waals surface area contributed by atoms with Gasteiger partial charge in [-0.25, -0.2) is 17.6 Å². The van der Waals surface area contributed by atoms with Crippen LogP contribution >= 0.6 is 0 Å². The molecule has 1 aliphatic carbocycles. The molecule has 0 radical (unpaired) electrons. The second-order valence-electron chi connectivity index (χ2n) is 8.26. The molecule has 10 heteroatoms. The third-order valence-corrected chi connectivity index (χ3v) is 8.11. The molecule has 1 aliphatic heterocycles. The number of nitrogens with zero attached hydrogens (tertiary/aromatic N) is 2. The Bertz CT molecular complexity index is 1460. The molecule has 172 valence electrons. The maximum atomic E-state index is 15.3. The van der Waals surface area contributed by atoms with Crippen LogP contribution in [0.25, 0.3) is 22.0 Å². The number of hydrogen-bond acceptors (Lipinski definition) is 5. The Morgan fingerprint density at radius 3 is 2.36 bits per heavy atom. The first-order valence-electron chi connectivity index (χ1n) is 10.5. The van der Waals surface area contributed by atoms with E-state index in [2.05, 4.69) is 0 Å². The van der Waals surface area contributed by atoms with E-state index >= 15 is 4.39 Å². The van der Waals surface area contributed by atoms with Crippen molar-refractivity contribution in [1.82, 2.24) is 8.87 Å². The third kappa shape index (κ3) is 3.41. The number of pyridine rings is 1. The van der Waals surface area contributed by atoms with E-state index in [0.717, 1.165) is 25.3 Å². The average molecular weight is 472 g/mol. The quantitative estimate of drug-likeness (QED) is 0.590. The van der Waals surface area contributed by atoms with Gasteiger partial charge >= 0.3 is 5.97 Å². The zero-order valence-corrected chi connectivity index (χ0v) is 18.6. The summed E-state index contributed by atoms with van der Waals surface area (Å²) in [5, 5.41) is 9.37. The fraction of sp³-hybridized carbons (Fsp3) is 0.304. The predicted molar refractivity (Wildman–Crippen MR) is 119 cm³/mol. The molecule has 1 aromatic heterocycles. The Morgan fingerprint density at radius 2 is 1.85 bits per heavy atom. The van der Waals surface area contributed by atoms with Crippen molar-refractivity contribution in [3.8, 4) is 16.9 Å². The molecule has 1 saturated carbocycles. The summed E-state index contributed by atoms with van der Waals surface area (Å²) in [5.41, 5.74) is -0.428. The van der Waals surface area contributed by atoms with Crippen LogP contribution in [-0.2, 0) is 10.0 Å². The number of rotatable bonds is 6. The summed E-state index contributed by atoms with van der Waals surface area (Å²) < 4.78 is 49.2. The summed E-state index contributed by atoms with van der Waals surface area (Å²) in [6.07, 6.45) is 3.71. The fourth-order valence-corrected chi connectivity index (χ4v) is 5.70. The van der Waals surface area contributed by atoms with E-state index in [1.54, 1.807) is 4.57 Å². The minimum atomic E-state index is -3.58. The van der Waals surface area contributed by atoms with Gasteiger partial charge in [0, 0.05) is 25.3 Å². The number of aromatic carboxylic acids is 1. The molecule has 2 aromatic carbocycles. The molecule has 2 aliphatic rings. The number of carboxylic acid groups (broad SMARTS) is 1. The van der Waals surface area contributed by atoms with Crippen LogP contribution in [0, 0.1) is 5.82 Å². The van der Waals surface area contributed by atoms with Gasteiger partial charge in [0.05, 0.1) is 28.5 Å². The van der Waals surface area contributed by atoms with Crippen molar-refractivity contribution in [2.45, 2.75) is 30.2 Å². The van der Waals surface area contributed by atoms with E-state index in [0.29, 0.717) is 24.2 Å². The molecule has 2 heterocycles. The van der Waals surface area contributed by atoms with Gasteiger partial charge in [-0.2, -0.15) is 4.31 Å². The highest BCUT2D eigenvalue weighted by Gasteiger charge is 2.31. The van der Waals surface area contributed by atoms with E-state index < -0.39 is 32.8 Å². The number of aromatic nitrogens is 1. The second-order valence-corrected chi connectivity index (χ2v) is 10.2. The van der Waals surface area contributed by atoms with Crippen LogP contribution in [0.15, 0.2) is 46.2 Å². The Balaban J connectivity index is 1.72. The molecule has 0 unspecified atom stereocenters. The number of ether oxygens (including phenoxy) is 1. The normalized spacial score (nSPS) is 16.5. The number of benzene rings is 2. The number of methoxy groups -OCH3 is 1. The van der Waals surface area contributed by atoms with E-state index in [1.807, 2.05) is 0 Å². The molecule has 0 amide bonds. The van der Waals surface area contributed by atoms with Gasteiger partial charge in [-0.1, -0.05) is 12.1 Å². The van der Waals surface area contributed by atoms with Crippen LogP contribution in [0.1, 0.15) is 35.7 Å². The van der Waals surface area contributed by atoms with Crippen LogP contribution in [0.3, 0.4) is 0 Å². The molecule has 0 bridgehead atoms. The Hall–Kier alpha value is -3.24. The largest absolute Gasteiger partial charge is 0.494 e. The van der Waals surface area contributed by atoms with Crippen molar-refractivity contribution in [1.29, 1.82) is 0 Å². The van der Waals surface area contributed by atoms with Crippen LogP contribution in [0.2, 0.25) is 0 Å². The lowest BCUT2D eigenvalue weighted by Crippen LogP contribution is -2.41. The monoisotopic (exact) mass is 472 g/mol. The number of carboxylic acids is 1. The molecular formula is C23H21FN2O6S. The lowest BCUT2D eigenvalue weighted by Gasteiger charge is -2.29. The van der Waals surface area contributed by atoms with Crippen molar-refractivity contribution < 1.29 is 27.4 Å². The van der Waals surface area contributed by atoms with Gasteiger partial charge in [0.25, 0.3) is 0 Å². The van der Waals surface area contributed by atoms with Crippen molar-refractivity contribution in [2.24, 2.45) is 0 Å². The maximum Gasteiger partial charge on any atom is 0.341 e. The minimum Gasteiger partial charge on any atom is -0.494 e. The Labute approximate surface area is 188 Å². The molecule has 2 fully saturated rings. The number of hydrogen-bond donors (Lipinski definition) is 1. The summed E-state index contributed by atoms with van der Waals surface area (Å²) in [5.74, 6) is -2.04. The maximum absolute atomic E-state index is 15.3. The first-order valence-corrected chi connectivity index (χ1v) is 12.0. The summed E-state index contributed by atoms with van der Waals surface area (Å²) in [7, 11) is -2.23. The summed E-state index contributed by atoms with van der Waals surface area (Å²) in [6, 6.07) is 6.88. The van der Waals surface area contributed by atoms with Crippen molar-refractivity contribution in [2.75, 3.05) is 20.2 Å². The highest BCUT2D eigenvalue weighted by Crippen LogP contribution is 2.43. The van der Waals surface area contributed by atoms with Crippen LogP contribution in [0.4, 0.5) is 4.39 Å². The molecule has 0 atom stereocenters. The first kappa shape index (κ1) is 21.6. The SMILES string of the molecule is COc1c(-c2ccc(S(=O)(=O)N3CCC3)cc2)c(F)cc2c(=O)c(C(=O)O)cn(C3CC3)c12. The van der Waals surface area contributed by atoms with Crippen molar-refractivity contribution >= 4 is 26.9 Å². The van der Waals surface area contributed by atoms with Crippen molar-refractivity contribution in [3.05, 3.63) is 58.1 Å². The van der Waals surface area contributed by atoms with Crippen LogP contribution < -0.4 is 10.2 Å². The lowest BCUT2D eigenvalue weighted by atomic mass is 10.00. The van der Waals surface area contributed by atoms with Crippen LogP contribution in [0.5, 0.6) is 5.75 Å². The summed E-state index contributed by atoms with van der Waals surface area (Å²) in [4.78, 5) is 24.5. The van der Waals surface area contributed by atoms with Gasteiger partial charge in [-0.3, -0.25) is 4.79 Å². The smallest absolute Gasteiger partial charge is 0.341 e. The number of halogens is 1. The highest BCUT2D eigenvalue weighted by atomic mass is 32.2. The number of fused-ring (bicyclic) bond motifs is 1. The van der Waals surface area contributed by atoms with Gasteiger partial charge < -0.3 is 14.4 Å². The molecule has 5 rings (SSSR count). The molecule has 3 aromatic rings. The molecule has 0 spiro atoms. The Morgan fingerprint density at radius 1 is 1.18 bits per heavy atom. The molecule has 1 saturated heterocycles. The first-order chi connectivity index (χ1) is 15.7. The topological polar surface area (TPSA) is 106 Å². The third-order valence-electron chi connectivity index (χ3n) is 6.19. The number of carbonyl (C=O) groups is 1. The molecule has 8 nitrogen and oxygen atoms in total. The fourth-order valence-electron chi connectivity index (χ4n) is 4.18. The highest BCUT2D eigenvalue weighted by molar-refractivity contribution is 7.89. The Kier molecular flexibility index (Phi) is 5.02. The zero-order chi connectivity index (χ0) is 23.5. The van der Waals surface area contributed by atoms with E-state index in [9.17, 15) is 23.1 Å². The van der Waals surface area contributed by atoms with Gasteiger partial charge in [0.2, 0.25) is 15.5 Å². The summed E-state index contributed by atoms with van der Waals surface area (Å²) >= 11 is 0. The lowest BCUT2D eigenvalue weighted by molar-refractivity contribution is 0.0694. The van der Waals surface area contributed by atoms with E-state index in [4.69, 9.17) is 4.74 Å². The minimum absolute atomic E-state index is 0.0116. The van der Waals surface area contributed by atoms with E-state index in [1.165, 1.54) is 41.9 Å². The van der Waals surface area contributed by atoms with Gasteiger partial charge in [0.15, 0.2) is 5.75 Å². The van der Waals surface area contributed by atoms with E-state index in [-0.39, 0.29) is 27.6 Å². The summed E-state index contributed by atoms with van der Waals surface area (Å²) in [6.45, 7) is 0.961. The van der Waals surface area contributed by atoms with Crippen molar-refractivity contribution in [3.63, 3.8) is 0 Å². The second kappa shape index (κ2) is 7.67.